The van der Waals surface area contributed by atoms with E-state index in [1.165, 1.54) is 154 Å². The van der Waals surface area contributed by atoms with Crippen molar-refractivity contribution in [2.45, 2.75) is 255 Å². The fraction of sp³-hybridized carbons (Fsp3) is 0.833. The predicted molar refractivity (Wildman–Crippen MR) is 242 cm³/mol. The molecule has 0 heterocycles. The van der Waals surface area contributed by atoms with E-state index >= 15 is 0 Å². The third kappa shape index (κ3) is 54.2. The first-order valence-corrected chi connectivity index (χ1v) is 27.6. The molecule has 0 spiro atoms. The SMILES string of the molecule is CCCCCCCCCCCC/C(=C/C(=O)O)C(=O)O.CCCCCCCCCCCC/C(=C/C(=O)O)C(=O)O.CCCCCCC[CH2][Sn][CH2]CCCCCCC. The molecule has 57 heavy (non-hydrogen) atoms. The Labute approximate surface area is 361 Å². The molecule has 8 nitrogen and oxygen atoms in total. The van der Waals surface area contributed by atoms with Crippen LogP contribution in [0.3, 0.4) is 0 Å². The molecule has 4 N–H and O–H groups in total. The molecular weight excluding hydrogens is 823 g/mol. The average Bonchev–Trinajstić information content (AvgIpc) is 3.17. The van der Waals surface area contributed by atoms with Crippen molar-refractivity contribution in [2.24, 2.45) is 0 Å². The number of carboxylic acids is 4. The van der Waals surface area contributed by atoms with E-state index in [0.717, 1.165) is 50.7 Å². The number of carbonyl (C=O) groups is 4. The van der Waals surface area contributed by atoms with Crippen molar-refractivity contribution in [3.8, 4) is 0 Å². The number of unbranched alkanes of at least 4 members (excludes halogenated alkanes) is 28. The fourth-order valence-electron chi connectivity index (χ4n) is 6.57. The van der Waals surface area contributed by atoms with Gasteiger partial charge in [-0.25, -0.2) is 19.2 Å². The van der Waals surface area contributed by atoms with E-state index in [-0.39, 0.29) is 32.3 Å². The van der Waals surface area contributed by atoms with E-state index in [1.807, 2.05) is 0 Å². The van der Waals surface area contributed by atoms with Gasteiger partial charge in [0, 0.05) is 23.3 Å². The van der Waals surface area contributed by atoms with Gasteiger partial charge >= 0.3 is 145 Å². The summed E-state index contributed by atoms with van der Waals surface area (Å²) in [7, 11) is 0. The summed E-state index contributed by atoms with van der Waals surface area (Å²) in [5.74, 6) is -4.62. The molecule has 0 amide bonds. The normalized spacial score (nSPS) is 11.4. The van der Waals surface area contributed by atoms with Gasteiger partial charge in [-0.1, -0.05) is 129 Å². The first-order chi connectivity index (χ1) is 27.6. The molecule has 0 aliphatic carbocycles. The number of hydrogen-bond donors (Lipinski definition) is 4. The van der Waals surface area contributed by atoms with E-state index in [9.17, 15) is 19.2 Å². The molecule has 0 aromatic heterocycles. The zero-order valence-corrected chi connectivity index (χ0v) is 40.4. The molecular formula is C48H90O8Sn. The van der Waals surface area contributed by atoms with Crippen molar-refractivity contribution in [3.05, 3.63) is 23.3 Å². The van der Waals surface area contributed by atoms with Crippen LogP contribution in [0.4, 0.5) is 0 Å². The van der Waals surface area contributed by atoms with E-state index in [2.05, 4.69) is 27.7 Å². The van der Waals surface area contributed by atoms with Crippen molar-refractivity contribution in [3.63, 3.8) is 0 Å². The Bertz CT molecular complexity index is 901. The Morgan fingerprint density at radius 2 is 0.544 bits per heavy atom. The van der Waals surface area contributed by atoms with Gasteiger partial charge in [0.15, 0.2) is 0 Å². The van der Waals surface area contributed by atoms with Crippen LogP contribution in [-0.2, 0) is 19.2 Å². The standard InChI is InChI=1S/2C16H28O4.2C8H17.Sn/c2*1-2-3-4-5-6-7-8-9-10-11-12-14(16(19)20)13-15(17)18;2*1-3-5-7-8-6-4-2;/h2*13H,2-12H2,1H3,(H,17,18)(H,19,20);2*1,3-8H2,2H3;/b2*14-13-;;;. The number of rotatable bonds is 40. The summed E-state index contributed by atoms with van der Waals surface area (Å²) in [5.41, 5.74) is -0.00543. The molecule has 0 aromatic carbocycles. The van der Waals surface area contributed by atoms with Gasteiger partial charge in [0.05, 0.1) is 0 Å². The summed E-state index contributed by atoms with van der Waals surface area (Å²) in [6.45, 7) is 9.03. The minimum absolute atomic E-state index is 0.00272. The molecule has 0 bridgehead atoms. The summed E-state index contributed by atoms with van der Waals surface area (Å²) >= 11 is 0.0736. The van der Waals surface area contributed by atoms with Gasteiger partial charge in [0.1, 0.15) is 0 Å². The van der Waals surface area contributed by atoms with Crippen molar-refractivity contribution >= 4 is 45.0 Å². The second-order valence-corrected chi connectivity index (χ2v) is 20.1. The third-order valence-electron chi connectivity index (χ3n) is 10.2. The van der Waals surface area contributed by atoms with E-state index in [1.54, 1.807) is 21.7 Å². The Kier molecular flexibility index (Phi) is 52.5. The van der Waals surface area contributed by atoms with Crippen molar-refractivity contribution in [1.82, 2.24) is 0 Å². The minimum atomic E-state index is -1.19. The topological polar surface area (TPSA) is 149 Å². The summed E-state index contributed by atoms with van der Waals surface area (Å²) in [6, 6.07) is 0. The van der Waals surface area contributed by atoms with Crippen molar-refractivity contribution in [2.75, 3.05) is 0 Å². The molecule has 0 aliphatic heterocycles. The molecule has 0 fully saturated rings. The van der Waals surface area contributed by atoms with Crippen LogP contribution in [0.15, 0.2) is 23.3 Å². The molecule has 334 valence electrons. The van der Waals surface area contributed by atoms with Crippen LogP contribution in [0.2, 0.25) is 8.87 Å². The second kappa shape index (κ2) is 50.3. The molecule has 0 unspecified atom stereocenters. The van der Waals surface area contributed by atoms with Crippen LogP contribution in [0.25, 0.3) is 0 Å². The number of carboxylic acid groups (broad SMARTS) is 4. The zero-order valence-electron chi connectivity index (χ0n) is 37.5. The first-order valence-electron chi connectivity index (χ1n) is 23.6. The fourth-order valence-corrected chi connectivity index (χ4v) is 10.1. The Morgan fingerprint density at radius 3 is 0.754 bits per heavy atom. The molecule has 0 rings (SSSR count). The van der Waals surface area contributed by atoms with E-state index in [0.29, 0.717) is 12.8 Å². The predicted octanol–water partition coefficient (Wildman–Crippen LogP) is 15.0. The maximum absolute atomic E-state index is 10.8. The van der Waals surface area contributed by atoms with Gasteiger partial charge in [0.2, 0.25) is 0 Å². The van der Waals surface area contributed by atoms with Crippen LogP contribution in [-0.4, -0.2) is 65.4 Å². The van der Waals surface area contributed by atoms with Crippen LogP contribution in [0, 0.1) is 0 Å². The van der Waals surface area contributed by atoms with Crippen molar-refractivity contribution in [1.29, 1.82) is 0 Å². The molecule has 9 heteroatoms. The zero-order chi connectivity index (χ0) is 43.0. The molecule has 0 saturated heterocycles. The van der Waals surface area contributed by atoms with Crippen molar-refractivity contribution < 1.29 is 39.6 Å². The second-order valence-electron chi connectivity index (χ2n) is 15.8. The van der Waals surface area contributed by atoms with Gasteiger partial charge in [0.25, 0.3) is 0 Å². The molecule has 2 radical (unpaired) electrons. The summed E-state index contributed by atoms with van der Waals surface area (Å²) in [5, 5.41) is 34.8. The molecule has 0 aliphatic rings. The summed E-state index contributed by atoms with van der Waals surface area (Å²) in [4.78, 5) is 42.5. The molecule has 0 saturated carbocycles. The van der Waals surface area contributed by atoms with Crippen LogP contribution in [0.5, 0.6) is 0 Å². The quantitative estimate of drug-likeness (QED) is 0.0270. The Balaban J connectivity index is -0.000000771. The Hall–Kier alpha value is -1.84. The average molecular weight is 914 g/mol. The van der Waals surface area contributed by atoms with Gasteiger partial charge in [-0.05, 0) is 25.7 Å². The third-order valence-corrected chi connectivity index (χ3v) is 14.2. The summed E-state index contributed by atoms with van der Waals surface area (Å²) < 4.78 is 3.31. The van der Waals surface area contributed by atoms with Gasteiger partial charge in [-0.3, -0.25) is 0 Å². The van der Waals surface area contributed by atoms with Crippen LogP contribution >= 0.6 is 0 Å². The van der Waals surface area contributed by atoms with Gasteiger partial charge in [-0.2, -0.15) is 0 Å². The number of hydrogen-bond acceptors (Lipinski definition) is 4. The summed E-state index contributed by atoms with van der Waals surface area (Å²) in [6.07, 6.45) is 43.7. The Morgan fingerprint density at radius 1 is 0.333 bits per heavy atom. The number of aliphatic carboxylic acids is 4. The monoisotopic (exact) mass is 915 g/mol. The van der Waals surface area contributed by atoms with Crippen LogP contribution in [0.1, 0.15) is 246 Å². The first kappa shape index (κ1) is 59.5. The maximum atomic E-state index is 10.8. The molecule has 0 atom stereocenters. The van der Waals surface area contributed by atoms with Crippen LogP contribution < -0.4 is 0 Å². The van der Waals surface area contributed by atoms with Gasteiger partial charge < -0.3 is 20.4 Å². The van der Waals surface area contributed by atoms with E-state index in [4.69, 9.17) is 20.4 Å². The van der Waals surface area contributed by atoms with E-state index < -0.39 is 23.9 Å². The molecule has 0 aromatic rings. The van der Waals surface area contributed by atoms with Gasteiger partial charge in [-0.15, -0.1) is 0 Å².